The van der Waals surface area contributed by atoms with E-state index in [1.54, 1.807) is 0 Å². The third kappa shape index (κ3) is 2.95. The van der Waals surface area contributed by atoms with Gasteiger partial charge in [-0.3, -0.25) is 9.59 Å². The molecule has 1 aromatic carbocycles. The summed E-state index contributed by atoms with van der Waals surface area (Å²) < 4.78 is 1.06. The first kappa shape index (κ1) is 14.4. The molecule has 1 unspecified atom stereocenters. The van der Waals surface area contributed by atoms with E-state index in [2.05, 4.69) is 47.2 Å². The van der Waals surface area contributed by atoms with Gasteiger partial charge in [-0.25, -0.2) is 0 Å². The van der Waals surface area contributed by atoms with Gasteiger partial charge >= 0.3 is 0 Å². The summed E-state index contributed by atoms with van der Waals surface area (Å²) in [6.07, 6.45) is 1.13. The van der Waals surface area contributed by atoms with Crippen molar-refractivity contribution in [3.05, 3.63) is 34.3 Å². The lowest BCUT2D eigenvalue weighted by Crippen LogP contribution is -2.31. The molecule has 3 atom stereocenters. The van der Waals surface area contributed by atoms with Gasteiger partial charge in [0.15, 0.2) is 6.29 Å². The highest BCUT2D eigenvalue weighted by Gasteiger charge is 2.41. The van der Waals surface area contributed by atoms with Crippen LogP contribution >= 0.6 is 15.9 Å². The van der Waals surface area contributed by atoms with E-state index in [0.717, 1.165) is 11.0 Å². The van der Waals surface area contributed by atoms with Crippen LogP contribution in [0.3, 0.4) is 0 Å². The SMILES string of the molecule is C[C@H](c1ccc(Br)cc1)[C@@]1(C)CNC(C(=O)C=O)C1. The molecule has 1 fully saturated rings. The molecule has 1 aliphatic rings. The first-order valence-corrected chi connectivity index (χ1v) is 7.23. The van der Waals surface area contributed by atoms with Crippen molar-refractivity contribution in [2.75, 3.05) is 6.54 Å². The molecule has 1 aliphatic heterocycles. The third-order valence-electron chi connectivity index (χ3n) is 4.30. The molecule has 3 nitrogen and oxygen atoms in total. The predicted molar refractivity (Wildman–Crippen MR) is 78.1 cm³/mol. The molecule has 102 valence electrons. The van der Waals surface area contributed by atoms with Crippen LogP contribution in [0.2, 0.25) is 0 Å². The van der Waals surface area contributed by atoms with Gasteiger partial charge in [0.05, 0.1) is 6.04 Å². The van der Waals surface area contributed by atoms with Gasteiger partial charge in [0.1, 0.15) is 0 Å². The number of hydrogen-bond acceptors (Lipinski definition) is 3. The molecule has 0 aliphatic carbocycles. The second-order valence-electron chi connectivity index (χ2n) is 5.59. The fourth-order valence-corrected chi connectivity index (χ4v) is 3.00. The number of carbonyl (C=O) groups excluding carboxylic acids is 2. The maximum atomic E-state index is 11.5. The van der Waals surface area contributed by atoms with Crippen LogP contribution in [0.1, 0.15) is 31.7 Å². The van der Waals surface area contributed by atoms with Gasteiger partial charge in [-0.1, -0.05) is 41.9 Å². The number of benzene rings is 1. The van der Waals surface area contributed by atoms with Crippen molar-refractivity contribution in [2.45, 2.75) is 32.2 Å². The predicted octanol–water partition coefficient (Wildman–Crippen LogP) is 2.69. The van der Waals surface area contributed by atoms with Crippen LogP contribution < -0.4 is 5.32 Å². The smallest absolute Gasteiger partial charge is 0.212 e. The van der Waals surface area contributed by atoms with E-state index < -0.39 is 0 Å². The van der Waals surface area contributed by atoms with Crippen molar-refractivity contribution >= 4 is 28.0 Å². The Bertz CT molecular complexity index is 485. The second-order valence-corrected chi connectivity index (χ2v) is 6.50. The van der Waals surface area contributed by atoms with Crippen molar-refractivity contribution < 1.29 is 9.59 Å². The molecular formula is C15H18BrNO2. The Morgan fingerprint density at radius 2 is 2.11 bits per heavy atom. The Morgan fingerprint density at radius 1 is 1.47 bits per heavy atom. The Morgan fingerprint density at radius 3 is 2.68 bits per heavy atom. The number of carbonyl (C=O) groups is 2. The summed E-state index contributed by atoms with van der Waals surface area (Å²) in [5, 5.41) is 3.17. The molecule has 19 heavy (non-hydrogen) atoms. The Labute approximate surface area is 121 Å². The van der Waals surface area contributed by atoms with E-state index in [1.165, 1.54) is 5.56 Å². The highest BCUT2D eigenvalue weighted by molar-refractivity contribution is 9.10. The van der Waals surface area contributed by atoms with Crippen LogP contribution in [0.4, 0.5) is 0 Å². The van der Waals surface area contributed by atoms with E-state index in [4.69, 9.17) is 0 Å². The fourth-order valence-electron chi connectivity index (χ4n) is 2.73. The zero-order valence-corrected chi connectivity index (χ0v) is 12.7. The van der Waals surface area contributed by atoms with Crippen LogP contribution in [0.5, 0.6) is 0 Å². The van der Waals surface area contributed by atoms with Crippen molar-refractivity contribution in [3.63, 3.8) is 0 Å². The standard InChI is InChI=1S/C15H18BrNO2/c1-10(11-3-5-12(16)6-4-11)15(2)7-13(17-9-15)14(19)8-18/h3-6,8,10,13,17H,7,9H2,1-2H3/t10-,13?,15-/m1/s1. The molecule has 0 saturated carbocycles. The molecule has 0 amide bonds. The van der Waals surface area contributed by atoms with Crippen LogP contribution in [0.25, 0.3) is 0 Å². The largest absolute Gasteiger partial charge is 0.306 e. The Balaban J connectivity index is 2.15. The van der Waals surface area contributed by atoms with Crippen LogP contribution in [0, 0.1) is 5.41 Å². The summed E-state index contributed by atoms with van der Waals surface area (Å²) in [6.45, 7) is 5.11. The second kappa shape index (κ2) is 5.55. The van der Waals surface area contributed by atoms with Gasteiger partial charge < -0.3 is 5.32 Å². The Kier molecular flexibility index (Phi) is 4.21. The van der Waals surface area contributed by atoms with Crippen molar-refractivity contribution in [2.24, 2.45) is 5.41 Å². The van der Waals surface area contributed by atoms with E-state index in [9.17, 15) is 9.59 Å². The summed E-state index contributed by atoms with van der Waals surface area (Å²) in [4.78, 5) is 22.1. The van der Waals surface area contributed by atoms with E-state index in [1.807, 2.05) is 12.1 Å². The topological polar surface area (TPSA) is 46.2 Å². The third-order valence-corrected chi connectivity index (χ3v) is 4.83. The maximum absolute atomic E-state index is 11.5. The zero-order valence-electron chi connectivity index (χ0n) is 11.2. The number of Topliss-reactive ketones (excluding diaryl/α,β-unsaturated/α-hetero) is 1. The highest BCUT2D eigenvalue weighted by Crippen LogP contribution is 2.42. The fraction of sp³-hybridized carbons (Fsp3) is 0.467. The van der Waals surface area contributed by atoms with Crippen molar-refractivity contribution in [3.8, 4) is 0 Å². The monoisotopic (exact) mass is 323 g/mol. The van der Waals surface area contributed by atoms with Crippen LogP contribution in [0.15, 0.2) is 28.7 Å². The molecule has 0 bridgehead atoms. The van der Waals surface area contributed by atoms with Gasteiger partial charge in [0.2, 0.25) is 5.78 Å². The first-order chi connectivity index (χ1) is 8.96. The highest BCUT2D eigenvalue weighted by atomic mass is 79.9. The number of halogens is 1. The molecule has 2 rings (SSSR count). The lowest BCUT2D eigenvalue weighted by molar-refractivity contribution is -0.131. The van der Waals surface area contributed by atoms with Gasteiger partial charge in [-0.2, -0.15) is 0 Å². The molecule has 0 radical (unpaired) electrons. The quantitative estimate of drug-likeness (QED) is 0.684. The maximum Gasteiger partial charge on any atom is 0.212 e. The molecule has 0 aromatic heterocycles. The molecule has 1 N–H and O–H groups in total. The van der Waals surface area contributed by atoms with Crippen LogP contribution in [-0.4, -0.2) is 24.7 Å². The zero-order chi connectivity index (χ0) is 14.0. The van der Waals surface area contributed by atoms with Crippen LogP contribution in [-0.2, 0) is 9.59 Å². The average Bonchev–Trinajstić information content (AvgIpc) is 2.82. The minimum atomic E-state index is -0.341. The number of aldehydes is 1. The summed E-state index contributed by atoms with van der Waals surface area (Å²) in [6, 6.07) is 7.96. The average molecular weight is 324 g/mol. The van der Waals surface area contributed by atoms with Gasteiger partial charge in [0.25, 0.3) is 0 Å². The number of rotatable bonds is 4. The molecule has 1 aromatic rings. The summed E-state index contributed by atoms with van der Waals surface area (Å²) in [7, 11) is 0. The van der Waals surface area contributed by atoms with E-state index in [-0.39, 0.29) is 17.2 Å². The number of nitrogens with one attached hydrogen (secondary N) is 1. The molecular weight excluding hydrogens is 306 g/mol. The molecule has 1 heterocycles. The molecule has 1 saturated heterocycles. The summed E-state index contributed by atoms with van der Waals surface area (Å²) in [5.74, 6) is -0.00992. The summed E-state index contributed by atoms with van der Waals surface area (Å²) in [5.41, 5.74) is 1.25. The van der Waals surface area contributed by atoms with Gasteiger partial charge in [-0.05, 0) is 35.4 Å². The molecule has 4 heteroatoms. The first-order valence-electron chi connectivity index (χ1n) is 6.44. The lowest BCUT2D eigenvalue weighted by atomic mass is 9.73. The van der Waals surface area contributed by atoms with Gasteiger partial charge in [0, 0.05) is 11.0 Å². The molecule has 0 spiro atoms. The number of hydrogen-bond donors (Lipinski definition) is 1. The normalized spacial score (nSPS) is 28.1. The number of ketones is 1. The van der Waals surface area contributed by atoms with E-state index >= 15 is 0 Å². The Hall–Kier alpha value is -1.00. The minimum Gasteiger partial charge on any atom is -0.306 e. The lowest BCUT2D eigenvalue weighted by Gasteiger charge is -2.31. The van der Waals surface area contributed by atoms with E-state index in [0.29, 0.717) is 18.6 Å². The van der Waals surface area contributed by atoms with Crippen molar-refractivity contribution in [1.82, 2.24) is 5.32 Å². The van der Waals surface area contributed by atoms with Crippen molar-refractivity contribution in [1.29, 1.82) is 0 Å². The summed E-state index contributed by atoms with van der Waals surface area (Å²) >= 11 is 3.43. The minimum absolute atomic E-state index is 0.00281. The van der Waals surface area contributed by atoms with Gasteiger partial charge in [-0.15, -0.1) is 0 Å².